The Kier molecular flexibility index (Phi) is 6.51. The predicted octanol–water partition coefficient (Wildman–Crippen LogP) is 3.87. The van der Waals surface area contributed by atoms with E-state index < -0.39 is 0 Å². The highest BCUT2D eigenvalue weighted by Crippen LogP contribution is 2.33. The standard InChI is InChI=1S/C21H33N3OS/c1-16-7-9-17(10-8-16)19-18(6-5-12-25-19)14-23-20(22-4)24-11-13-26-21(2,3)15-24/h7-10,18-19H,5-6,11-15H2,1-4H3,(H,22,23). The first-order valence-electron chi connectivity index (χ1n) is 9.76. The molecule has 2 heterocycles. The highest BCUT2D eigenvalue weighted by Gasteiger charge is 2.31. The van der Waals surface area contributed by atoms with Gasteiger partial charge in [0.15, 0.2) is 5.96 Å². The van der Waals surface area contributed by atoms with Crippen LogP contribution in [0.1, 0.15) is 43.9 Å². The molecule has 0 aliphatic carbocycles. The van der Waals surface area contributed by atoms with Crippen molar-refractivity contribution in [3.05, 3.63) is 35.4 Å². The minimum Gasteiger partial charge on any atom is -0.373 e. The SMILES string of the molecule is CN=C(NCC1CCCOC1c1ccc(C)cc1)N1CCSC(C)(C)C1. The van der Waals surface area contributed by atoms with E-state index in [2.05, 4.69) is 72.0 Å². The van der Waals surface area contributed by atoms with Crippen LogP contribution in [0, 0.1) is 12.8 Å². The Balaban J connectivity index is 1.63. The van der Waals surface area contributed by atoms with Crippen LogP contribution in [-0.2, 0) is 4.74 Å². The average molecular weight is 376 g/mol. The summed E-state index contributed by atoms with van der Waals surface area (Å²) in [4.78, 5) is 6.96. The van der Waals surface area contributed by atoms with Gasteiger partial charge in [-0.2, -0.15) is 11.8 Å². The number of hydrogen-bond acceptors (Lipinski definition) is 3. The van der Waals surface area contributed by atoms with Crippen LogP contribution in [0.15, 0.2) is 29.3 Å². The molecular formula is C21H33N3OS. The zero-order valence-corrected chi connectivity index (χ0v) is 17.4. The van der Waals surface area contributed by atoms with Gasteiger partial charge in [0.25, 0.3) is 0 Å². The second kappa shape index (κ2) is 8.66. The zero-order valence-electron chi connectivity index (χ0n) is 16.6. The van der Waals surface area contributed by atoms with E-state index in [9.17, 15) is 0 Å². The second-order valence-electron chi connectivity index (χ2n) is 8.06. The van der Waals surface area contributed by atoms with Gasteiger partial charge in [-0.3, -0.25) is 4.99 Å². The van der Waals surface area contributed by atoms with Gasteiger partial charge in [-0.15, -0.1) is 0 Å². The molecule has 26 heavy (non-hydrogen) atoms. The highest BCUT2D eigenvalue weighted by atomic mass is 32.2. The van der Waals surface area contributed by atoms with Gasteiger partial charge in [0.1, 0.15) is 0 Å². The molecule has 0 amide bonds. The van der Waals surface area contributed by atoms with E-state index in [1.54, 1.807) is 0 Å². The maximum Gasteiger partial charge on any atom is 0.193 e. The van der Waals surface area contributed by atoms with Crippen LogP contribution in [0.3, 0.4) is 0 Å². The Labute approximate surface area is 162 Å². The second-order valence-corrected chi connectivity index (χ2v) is 9.86. The molecule has 0 radical (unpaired) electrons. The number of ether oxygens (including phenoxy) is 1. The minimum atomic E-state index is 0.184. The molecule has 0 spiro atoms. The van der Waals surface area contributed by atoms with Gasteiger partial charge >= 0.3 is 0 Å². The number of nitrogens with zero attached hydrogens (tertiary/aromatic N) is 2. The van der Waals surface area contributed by atoms with Crippen LogP contribution in [0.5, 0.6) is 0 Å². The van der Waals surface area contributed by atoms with Gasteiger partial charge in [0.2, 0.25) is 0 Å². The highest BCUT2D eigenvalue weighted by molar-refractivity contribution is 8.00. The summed E-state index contributed by atoms with van der Waals surface area (Å²) in [5.74, 6) is 2.67. The third-order valence-corrected chi connectivity index (χ3v) is 6.61. The van der Waals surface area contributed by atoms with E-state index in [0.717, 1.165) is 44.4 Å². The molecule has 1 N–H and O–H groups in total. The van der Waals surface area contributed by atoms with Gasteiger partial charge < -0.3 is 15.0 Å². The summed E-state index contributed by atoms with van der Waals surface area (Å²) in [5.41, 5.74) is 2.60. The summed E-state index contributed by atoms with van der Waals surface area (Å²) in [6, 6.07) is 8.81. The van der Waals surface area contributed by atoms with E-state index >= 15 is 0 Å². The van der Waals surface area contributed by atoms with E-state index in [1.807, 2.05) is 7.05 Å². The van der Waals surface area contributed by atoms with Crippen LogP contribution in [0.4, 0.5) is 0 Å². The Hall–Kier alpha value is -1.20. The number of benzene rings is 1. The molecule has 4 nitrogen and oxygen atoms in total. The van der Waals surface area contributed by atoms with Crippen molar-refractivity contribution in [2.45, 2.75) is 44.5 Å². The van der Waals surface area contributed by atoms with Crippen molar-refractivity contribution in [2.24, 2.45) is 10.9 Å². The summed E-state index contributed by atoms with van der Waals surface area (Å²) in [6.07, 6.45) is 2.52. The molecule has 1 aromatic carbocycles. The molecule has 0 saturated carbocycles. The Morgan fingerprint density at radius 1 is 1.35 bits per heavy atom. The van der Waals surface area contributed by atoms with Crippen LogP contribution in [0.2, 0.25) is 0 Å². The molecule has 2 atom stereocenters. The summed E-state index contributed by atoms with van der Waals surface area (Å²) < 4.78 is 6.45. The smallest absolute Gasteiger partial charge is 0.193 e. The molecule has 144 valence electrons. The lowest BCUT2D eigenvalue weighted by atomic mass is 9.89. The number of guanidine groups is 1. The molecule has 2 fully saturated rings. The Bertz CT molecular complexity index is 614. The molecule has 5 heteroatoms. The van der Waals surface area contributed by atoms with E-state index in [0.29, 0.717) is 5.92 Å². The van der Waals surface area contributed by atoms with E-state index in [4.69, 9.17) is 4.74 Å². The quantitative estimate of drug-likeness (QED) is 0.643. The molecule has 3 rings (SSSR count). The number of aliphatic imine (C=N–C) groups is 1. The first kappa shape index (κ1) is 19.6. The number of aryl methyl sites for hydroxylation is 1. The molecule has 1 aromatic rings. The van der Waals surface area contributed by atoms with Crippen LogP contribution < -0.4 is 5.32 Å². The van der Waals surface area contributed by atoms with Crippen molar-refractivity contribution in [1.29, 1.82) is 0 Å². The monoisotopic (exact) mass is 375 g/mol. The lowest BCUT2D eigenvalue weighted by Crippen LogP contribution is -2.52. The molecule has 0 bridgehead atoms. The van der Waals surface area contributed by atoms with Crippen molar-refractivity contribution >= 4 is 17.7 Å². The van der Waals surface area contributed by atoms with E-state index in [-0.39, 0.29) is 10.9 Å². The maximum absolute atomic E-state index is 6.16. The van der Waals surface area contributed by atoms with Crippen LogP contribution in [-0.4, -0.2) is 54.6 Å². The average Bonchev–Trinajstić information content (AvgIpc) is 2.63. The molecule has 2 saturated heterocycles. The Morgan fingerprint density at radius 2 is 2.12 bits per heavy atom. The zero-order chi connectivity index (χ0) is 18.6. The minimum absolute atomic E-state index is 0.184. The van der Waals surface area contributed by atoms with Crippen LogP contribution >= 0.6 is 11.8 Å². The number of rotatable bonds is 3. The summed E-state index contributed by atoms with van der Waals surface area (Å²) in [5, 5.41) is 3.64. The van der Waals surface area contributed by atoms with Crippen molar-refractivity contribution in [1.82, 2.24) is 10.2 Å². The number of hydrogen-bond donors (Lipinski definition) is 1. The lowest BCUT2D eigenvalue weighted by Gasteiger charge is -2.40. The van der Waals surface area contributed by atoms with Crippen molar-refractivity contribution in [2.75, 3.05) is 39.0 Å². The third-order valence-electron chi connectivity index (χ3n) is 5.31. The van der Waals surface area contributed by atoms with Gasteiger partial charge in [-0.25, -0.2) is 0 Å². The Morgan fingerprint density at radius 3 is 2.81 bits per heavy atom. The number of thioether (sulfide) groups is 1. The van der Waals surface area contributed by atoms with E-state index in [1.165, 1.54) is 17.5 Å². The summed E-state index contributed by atoms with van der Waals surface area (Å²) in [7, 11) is 1.89. The normalized spacial score (nSPS) is 26.6. The summed E-state index contributed by atoms with van der Waals surface area (Å²) >= 11 is 2.05. The first-order chi connectivity index (χ1) is 12.5. The largest absolute Gasteiger partial charge is 0.373 e. The van der Waals surface area contributed by atoms with Crippen molar-refractivity contribution in [3.8, 4) is 0 Å². The predicted molar refractivity (Wildman–Crippen MR) is 112 cm³/mol. The fourth-order valence-corrected chi connectivity index (χ4v) is 5.04. The summed E-state index contributed by atoms with van der Waals surface area (Å²) in [6.45, 7) is 10.7. The molecular weight excluding hydrogens is 342 g/mol. The maximum atomic E-state index is 6.16. The van der Waals surface area contributed by atoms with Crippen molar-refractivity contribution < 1.29 is 4.74 Å². The molecule has 2 aliphatic heterocycles. The van der Waals surface area contributed by atoms with Crippen LogP contribution in [0.25, 0.3) is 0 Å². The van der Waals surface area contributed by atoms with Crippen molar-refractivity contribution in [3.63, 3.8) is 0 Å². The third kappa shape index (κ3) is 4.95. The molecule has 2 unspecified atom stereocenters. The number of nitrogens with one attached hydrogen (secondary N) is 1. The molecule has 2 aliphatic rings. The lowest BCUT2D eigenvalue weighted by molar-refractivity contribution is -0.0266. The topological polar surface area (TPSA) is 36.9 Å². The van der Waals surface area contributed by atoms with Gasteiger partial charge in [0, 0.05) is 49.7 Å². The van der Waals surface area contributed by atoms with Gasteiger partial charge in [-0.1, -0.05) is 29.8 Å². The molecule has 0 aromatic heterocycles. The fraction of sp³-hybridized carbons (Fsp3) is 0.667. The van der Waals surface area contributed by atoms with Gasteiger partial charge in [-0.05, 0) is 39.2 Å². The van der Waals surface area contributed by atoms with Gasteiger partial charge in [0.05, 0.1) is 6.10 Å². The fourth-order valence-electron chi connectivity index (χ4n) is 3.93. The first-order valence-corrected chi connectivity index (χ1v) is 10.7.